The summed E-state index contributed by atoms with van der Waals surface area (Å²) in [5.74, 6) is -3.80. The number of amides is 6. The Morgan fingerprint density at radius 3 is 2.19 bits per heavy atom. The molecule has 104 heavy (non-hydrogen) atoms. The van der Waals surface area contributed by atoms with Crippen molar-refractivity contribution in [2.75, 3.05) is 100.0 Å². The zero-order valence-corrected chi connectivity index (χ0v) is 61.6. The second-order valence-electron chi connectivity index (χ2n) is 27.7. The zero-order valence-electron chi connectivity index (χ0n) is 60.9. The highest BCUT2D eigenvalue weighted by Gasteiger charge is 2.64. The van der Waals surface area contributed by atoms with E-state index in [1.54, 1.807) is 60.0 Å². The Morgan fingerprint density at radius 1 is 0.846 bits per heavy atom. The SMILES string of the molecule is COc1cc2cc(c1Cl)N(C)C(=O)C[C@H](OC(=O)[C@H](C)N(C)C(=O)CCC(=O)N(CCOCCOCCC(=O)O)C1CCN(C(=O)CCn3c(CN(C)N(C)C(=O)OCC4c5ccccc5-c5ccccc54)cc4ccccc43)CC1)C1(C)OC1[C@H](C)[C@@H]1C[C@@](O)(NC(=O)O1)[C@H](OC)/C=C/C=C(\C)C2. The summed E-state index contributed by atoms with van der Waals surface area (Å²) in [6.07, 6.45) is -0.111. The number of aliphatic carboxylic acids is 1. The third-order valence-electron chi connectivity index (χ3n) is 20.9. The minimum Gasteiger partial charge on any atom is -0.495 e. The monoisotopic (exact) mass is 1460 g/mol. The molecule has 0 saturated carbocycles. The summed E-state index contributed by atoms with van der Waals surface area (Å²) < 4.78 is 49.2. The van der Waals surface area contributed by atoms with E-state index in [1.807, 2.05) is 68.6 Å². The van der Waals surface area contributed by atoms with Crippen molar-refractivity contribution in [3.63, 3.8) is 0 Å². The predicted molar refractivity (Wildman–Crippen MR) is 386 cm³/mol. The number of aromatic nitrogens is 1. The second-order valence-corrected chi connectivity index (χ2v) is 28.1. The summed E-state index contributed by atoms with van der Waals surface area (Å²) in [7, 11) is 9.32. The number of allylic oxidation sites excluding steroid dienone is 3. The minimum atomic E-state index is -1.92. The molecule has 3 saturated heterocycles. The van der Waals surface area contributed by atoms with Gasteiger partial charge in [0, 0.05) is 116 Å². The summed E-state index contributed by atoms with van der Waals surface area (Å²) in [4.78, 5) is 116. The highest BCUT2D eigenvalue weighted by molar-refractivity contribution is 6.35. The standard InChI is InChI=1S/C77H97ClN8O18/c1-48-18-17-25-64(98-10)77(96)45-63(102-74(94)79-77)49(2)72-76(4,104-72)65(44-69(90)82(7)61-41-51(40-48)42-62(97-9)71(61)78)103-73(93)50(3)81(6)66(87)26-27-68(89)86(35-37-100-39-38-99-36-31-70(91)92)53-28-32-84(33-29-53)67(88)30-34-85-54(43-52-19-11-16-24-60(52)85)46-80(5)83(8)75(95)101-47-59-57-22-14-12-20-55(57)56-21-13-15-23-58(56)59/h11-25,41-43,49-50,53,59,63-65,72,96H,26-40,44-47H2,1-10H3,(H,79,94)(H,91,92)/b25-17+,48-18+/t49-,50+,63+,64-,65+,72?,76?,77+/m1/s1. The summed E-state index contributed by atoms with van der Waals surface area (Å²) in [6, 6.07) is 28.3. The average Bonchev–Trinajstić information content (AvgIpc) is 1.58. The first-order valence-electron chi connectivity index (χ1n) is 35.4. The lowest BCUT2D eigenvalue weighted by Gasteiger charge is -2.42. The van der Waals surface area contributed by atoms with Crippen LogP contribution >= 0.6 is 11.6 Å². The first-order valence-corrected chi connectivity index (χ1v) is 35.8. The highest BCUT2D eigenvalue weighted by atomic mass is 35.5. The fourth-order valence-electron chi connectivity index (χ4n) is 14.5. The van der Waals surface area contributed by atoms with Crippen LogP contribution in [-0.4, -0.2) is 230 Å². The quantitative estimate of drug-likeness (QED) is 0.0153. The van der Waals surface area contributed by atoms with E-state index in [-0.39, 0.29) is 100 Å². The number of para-hydroxylation sites is 1. The van der Waals surface area contributed by atoms with Crippen LogP contribution in [0, 0.1) is 5.92 Å². The van der Waals surface area contributed by atoms with E-state index in [0.717, 1.165) is 50.0 Å². The molecule has 3 N–H and O–H groups in total. The average molecular weight is 1460 g/mol. The van der Waals surface area contributed by atoms with Crippen molar-refractivity contribution in [1.29, 1.82) is 0 Å². The number of epoxide rings is 1. The van der Waals surface area contributed by atoms with Gasteiger partial charge in [0.15, 0.2) is 5.72 Å². The Kier molecular flexibility index (Phi) is 25.7. The van der Waals surface area contributed by atoms with E-state index < -0.39 is 90.1 Å². The Bertz CT molecular complexity index is 3980. The number of esters is 1. The topological polar surface area (TPSA) is 291 Å². The normalized spacial score (nSPS) is 23.1. The lowest BCUT2D eigenvalue weighted by Crippen LogP contribution is -2.63. The van der Waals surface area contributed by atoms with E-state index in [4.69, 9.17) is 54.6 Å². The number of methoxy groups -OCH3 is 2. The fourth-order valence-corrected chi connectivity index (χ4v) is 14.8. The van der Waals surface area contributed by atoms with Crippen molar-refractivity contribution in [2.24, 2.45) is 5.92 Å². The molecule has 26 nitrogen and oxygen atoms in total. The van der Waals surface area contributed by atoms with Gasteiger partial charge in [-0.3, -0.25) is 29.3 Å². The van der Waals surface area contributed by atoms with Crippen LogP contribution in [0.25, 0.3) is 22.0 Å². The highest BCUT2D eigenvalue weighted by Crippen LogP contribution is 2.50. The van der Waals surface area contributed by atoms with Crippen LogP contribution in [0.5, 0.6) is 5.75 Å². The summed E-state index contributed by atoms with van der Waals surface area (Å²) in [5.41, 5.74) is 5.00. The zero-order chi connectivity index (χ0) is 74.7. The number of nitrogens with one attached hydrogen (secondary N) is 1. The van der Waals surface area contributed by atoms with Crippen LogP contribution in [0.3, 0.4) is 0 Å². The van der Waals surface area contributed by atoms with Crippen molar-refractivity contribution in [3.05, 3.63) is 142 Å². The third-order valence-corrected chi connectivity index (χ3v) is 21.3. The third kappa shape index (κ3) is 18.1. The van der Waals surface area contributed by atoms with Gasteiger partial charge in [-0.25, -0.2) is 24.4 Å². The number of aryl methyl sites for hydroxylation is 1. The number of carboxylic acid groups (broad SMARTS) is 1. The number of carbonyl (C=O) groups is 8. The van der Waals surface area contributed by atoms with Gasteiger partial charge in [0.2, 0.25) is 23.6 Å². The molecule has 6 amide bonds. The largest absolute Gasteiger partial charge is 0.495 e. The number of anilines is 1. The number of hydrogen-bond donors (Lipinski definition) is 3. The van der Waals surface area contributed by atoms with Crippen molar-refractivity contribution in [3.8, 4) is 16.9 Å². The lowest BCUT2D eigenvalue weighted by atomic mass is 9.83. The molecule has 5 aliphatic rings. The van der Waals surface area contributed by atoms with Gasteiger partial charge in [-0.2, -0.15) is 0 Å². The molecule has 0 radical (unpaired) electrons. The van der Waals surface area contributed by atoms with Crippen LogP contribution in [-0.2, 0) is 81.4 Å². The molecule has 0 spiro atoms. The van der Waals surface area contributed by atoms with Gasteiger partial charge >= 0.3 is 24.1 Å². The van der Waals surface area contributed by atoms with Crippen LogP contribution in [0.2, 0.25) is 5.02 Å². The molecule has 1 aliphatic carbocycles. The van der Waals surface area contributed by atoms with Gasteiger partial charge in [-0.1, -0.05) is 109 Å². The molecular formula is C77H97ClN8O18. The minimum absolute atomic E-state index is 0.00815. The molecule has 27 heteroatoms. The van der Waals surface area contributed by atoms with Crippen LogP contribution < -0.4 is 15.0 Å². The fraction of sp³-hybridized carbons (Fsp3) is 0.506. The number of ether oxygens (including phenoxy) is 8. The summed E-state index contributed by atoms with van der Waals surface area (Å²) in [5, 5.41) is 28.0. The molecule has 5 heterocycles. The van der Waals surface area contributed by atoms with Crippen LogP contribution in [0.1, 0.15) is 107 Å². The van der Waals surface area contributed by atoms with Gasteiger partial charge in [0.25, 0.3) is 0 Å². The van der Waals surface area contributed by atoms with Crippen LogP contribution in [0.4, 0.5) is 15.3 Å². The molecule has 10 rings (SSSR count). The molecule has 5 aromatic rings. The lowest BCUT2D eigenvalue weighted by molar-refractivity contribution is -0.162. The molecule has 3 fully saturated rings. The van der Waals surface area contributed by atoms with Crippen molar-refractivity contribution in [1.82, 2.24) is 34.6 Å². The number of hydrogen-bond acceptors (Lipinski definition) is 18. The number of rotatable bonds is 26. The van der Waals surface area contributed by atoms with E-state index in [9.17, 15) is 43.5 Å². The molecular weight excluding hydrogens is 1360 g/mol. The number of carboxylic acids is 1. The number of fused-ring (bicyclic) bond motifs is 9. The van der Waals surface area contributed by atoms with Crippen molar-refractivity contribution >= 4 is 75.9 Å². The number of piperidine rings is 1. The summed E-state index contributed by atoms with van der Waals surface area (Å²) in [6.45, 7) is 8.86. The number of aliphatic hydroxyl groups is 1. The number of nitrogens with zero attached hydrogens (tertiary/aromatic N) is 7. The number of benzene rings is 4. The van der Waals surface area contributed by atoms with Crippen molar-refractivity contribution in [2.45, 2.75) is 152 Å². The van der Waals surface area contributed by atoms with Gasteiger partial charge in [0.1, 0.15) is 47.3 Å². The second kappa shape index (κ2) is 34.4. The Balaban J connectivity index is 0.771. The van der Waals surface area contributed by atoms with E-state index in [1.165, 1.54) is 50.0 Å². The number of hydrazine groups is 1. The smallest absolute Gasteiger partial charge is 0.424 e. The Hall–Kier alpha value is -8.89. The maximum absolute atomic E-state index is 14.6. The Labute approximate surface area is 611 Å². The maximum Gasteiger partial charge on any atom is 0.424 e. The van der Waals surface area contributed by atoms with Gasteiger partial charge in [-0.05, 0) is 97.5 Å². The maximum atomic E-state index is 14.6. The van der Waals surface area contributed by atoms with E-state index >= 15 is 0 Å². The molecule has 2 unspecified atom stereocenters. The van der Waals surface area contributed by atoms with E-state index in [0.29, 0.717) is 56.9 Å². The molecule has 4 bridgehead atoms. The van der Waals surface area contributed by atoms with Gasteiger partial charge in [0.05, 0.1) is 64.7 Å². The molecule has 4 aliphatic heterocycles. The summed E-state index contributed by atoms with van der Waals surface area (Å²) >= 11 is 6.90. The molecule has 8 atom stereocenters. The van der Waals surface area contributed by atoms with E-state index in [2.05, 4.69) is 40.2 Å². The number of halogens is 1. The number of likely N-dealkylation sites (tertiary alicyclic amines) is 1. The number of alkyl carbamates (subject to hydrolysis) is 1. The van der Waals surface area contributed by atoms with Gasteiger partial charge in [-0.15, -0.1) is 0 Å². The molecule has 1 aromatic heterocycles. The first-order chi connectivity index (χ1) is 49.7. The van der Waals surface area contributed by atoms with Crippen molar-refractivity contribution < 1.29 is 86.5 Å². The predicted octanol–water partition coefficient (Wildman–Crippen LogP) is 8.89. The number of likely N-dealkylation sites (N-methyl/N-ethyl adjacent to an activating group) is 1. The van der Waals surface area contributed by atoms with Crippen LogP contribution in [0.15, 0.2) is 115 Å². The number of carbonyl (C=O) groups excluding carboxylic acids is 7. The first kappa shape index (κ1) is 77.7. The van der Waals surface area contributed by atoms with Gasteiger partial charge < -0.3 is 72.3 Å². The molecule has 4 aromatic carbocycles. The molecule has 560 valence electrons. The Morgan fingerprint density at radius 2 is 1.51 bits per heavy atom.